The van der Waals surface area contributed by atoms with Crippen LogP contribution < -0.4 is 16.2 Å². The molecule has 3 N–H and O–H groups in total. The summed E-state index contributed by atoms with van der Waals surface area (Å²) in [6.07, 6.45) is 1.06. The molecule has 1 amide bonds. The monoisotopic (exact) mass is 395 g/mol. The minimum absolute atomic E-state index is 0.0335. The molecule has 25 heavy (non-hydrogen) atoms. The average Bonchev–Trinajstić information content (AvgIpc) is 3.14. The van der Waals surface area contributed by atoms with Crippen molar-refractivity contribution in [3.05, 3.63) is 57.2 Å². The zero-order valence-corrected chi connectivity index (χ0v) is 15.8. The van der Waals surface area contributed by atoms with Gasteiger partial charge in [0, 0.05) is 24.4 Å². The van der Waals surface area contributed by atoms with Crippen molar-refractivity contribution in [1.29, 1.82) is 0 Å². The fraction of sp³-hybridized carbons (Fsp3) is 0.235. The van der Waals surface area contributed by atoms with Gasteiger partial charge < -0.3 is 5.32 Å². The summed E-state index contributed by atoms with van der Waals surface area (Å²) in [5.41, 5.74) is 6.24. The Balaban J connectivity index is 1.58. The van der Waals surface area contributed by atoms with Crippen LogP contribution in [0.2, 0.25) is 5.02 Å². The van der Waals surface area contributed by atoms with Crippen molar-refractivity contribution >= 4 is 52.0 Å². The lowest BCUT2D eigenvalue weighted by atomic mass is 10.1. The van der Waals surface area contributed by atoms with Crippen LogP contribution in [0.5, 0.6) is 0 Å². The van der Waals surface area contributed by atoms with E-state index < -0.39 is 0 Å². The summed E-state index contributed by atoms with van der Waals surface area (Å²) >= 11 is 12.3. The Morgan fingerprint density at radius 1 is 1.08 bits per heavy atom. The molecule has 2 rings (SSSR count). The molecular formula is C17H18ClN3O2S2. The first kappa shape index (κ1) is 19.4. The number of hydrazine groups is 1. The third-order valence-electron chi connectivity index (χ3n) is 3.30. The van der Waals surface area contributed by atoms with E-state index in [1.165, 1.54) is 11.3 Å². The predicted octanol–water partition coefficient (Wildman–Crippen LogP) is 3.10. The largest absolute Gasteiger partial charge is 0.361 e. The van der Waals surface area contributed by atoms with E-state index in [2.05, 4.69) is 16.2 Å². The molecule has 0 aliphatic rings. The standard InChI is InChI=1S/C17H18ClN3O2S2/c18-13-5-3-12(4-6-13)9-10-19-17(24)21-20-16(23)8-7-14(22)15-2-1-11-25-15/h1-6,11H,7-10H2,(H,20,23)(H2,19,21,24). The zero-order valence-electron chi connectivity index (χ0n) is 13.4. The van der Waals surface area contributed by atoms with Gasteiger partial charge in [0.05, 0.1) is 4.88 Å². The molecule has 2 aromatic rings. The van der Waals surface area contributed by atoms with Crippen LogP contribution in [0.25, 0.3) is 0 Å². The smallest absolute Gasteiger partial charge is 0.238 e. The number of carbonyl (C=O) groups is 2. The highest BCUT2D eigenvalue weighted by molar-refractivity contribution is 7.80. The molecule has 0 saturated carbocycles. The van der Waals surface area contributed by atoms with Crippen molar-refractivity contribution in [2.45, 2.75) is 19.3 Å². The Morgan fingerprint density at radius 2 is 1.84 bits per heavy atom. The highest BCUT2D eigenvalue weighted by atomic mass is 35.5. The number of hydrogen-bond donors (Lipinski definition) is 3. The Labute approximate surface area is 160 Å². The maximum Gasteiger partial charge on any atom is 0.238 e. The Bertz CT molecular complexity index is 718. The second-order valence-corrected chi connectivity index (χ2v) is 7.00. The van der Waals surface area contributed by atoms with Crippen LogP contribution in [0.1, 0.15) is 28.1 Å². The number of thiophene rings is 1. The van der Waals surface area contributed by atoms with Gasteiger partial charge >= 0.3 is 0 Å². The van der Waals surface area contributed by atoms with E-state index in [1.807, 2.05) is 35.7 Å². The van der Waals surface area contributed by atoms with Gasteiger partial charge in [-0.3, -0.25) is 20.4 Å². The Morgan fingerprint density at radius 3 is 2.52 bits per heavy atom. The topological polar surface area (TPSA) is 70.2 Å². The summed E-state index contributed by atoms with van der Waals surface area (Å²) in [6, 6.07) is 11.1. The van der Waals surface area contributed by atoms with Crippen LogP contribution in [-0.4, -0.2) is 23.3 Å². The number of ketones is 1. The van der Waals surface area contributed by atoms with Crippen LogP contribution in [-0.2, 0) is 11.2 Å². The van der Waals surface area contributed by atoms with Gasteiger partial charge in [-0.15, -0.1) is 11.3 Å². The van der Waals surface area contributed by atoms with Crippen molar-refractivity contribution < 1.29 is 9.59 Å². The molecule has 0 bridgehead atoms. The summed E-state index contributed by atoms with van der Waals surface area (Å²) in [4.78, 5) is 24.2. The lowest BCUT2D eigenvalue weighted by Gasteiger charge is -2.11. The number of rotatable bonds is 7. The number of hydrogen-bond acceptors (Lipinski definition) is 4. The molecule has 1 aromatic heterocycles. The molecule has 0 radical (unpaired) electrons. The van der Waals surface area contributed by atoms with E-state index in [9.17, 15) is 9.59 Å². The summed E-state index contributed by atoms with van der Waals surface area (Å²) in [5, 5.41) is 5.86. The number of amides is 1. The molecule has 0 aliphatic carbocycles. The number of benzene rings is 1. The van der Waals surface area contributed by atoms with Gasteiger partial charge in [-0.2, -0.15) is 0 Å². The van der Waals surface area contributed by atoms with Crippen LogP contribution >= 0.6 is 35.2 Å². The van der Waals surface area contributed by atoms with Gasteiger partial charge in [-0.25, -0.2) is 0 Å². The molecule has 0 aliphatic heterocycles. The van der Waals surface area contributed by atoms with Crippen molar-refractivity contribution in [2.24, 2.45) is 0 Å². The minimum atomic E-state index is -0.285. The molecule has 5 nitrogen and oxygen atoms in total. The highest BCUT2D eigenvalue weighted by Gasteiger charge is 2.10. The Hall–Kier alpha value is -1.96. The van der Waals surface area contributed by atoms with E-state index in [-0.39, 0.29) is 24.5 Å². The molecule has 0 atom stereocenters. The number of Topliss-reactive ketones (excluding diaryl/α,β-unsaturated/α-hetero) is 1. The lowest BCUT2D eigenvalue weighted by Crippen LogP contribution is -2.47. The van der Waals surface area contributed by atoms with Crippen molar-refractivity contribution in [3.63, 3.8) is 0 Å². The third-order valence-corrected chi connectivity index (χ3v) is 4.71. The normalized spacial score (nSPS) is 10.1. The minimum Gasteiger partial charge on any atom is -0.361 e. The van der Waals surface area contributed by atoms with Crippen molar-refractivity contribution in [1.82, 2.24) is 16.2 Å². The van der Waals surface area contributed by atoms with Gasteiger partial charge in [0.15, 0.2) is 10.9 Å². The van der Waals surface area contributed by atoms with Gasteiger partial charge in [-0.1, -0.05) is 29.8 Å². The Kier molecular flexibility index (Phi) is 7.84. The molecule has 8 heteroatoms. The summed E-state index contributed by atoms with van der Waals surface area (Å²) in [6.45, 7) is 0.625. The maximum atomic E-state index is 11.8. The molecule has 1 aromatic carbocycles. The molecule has 0 saturated heterocycles. The van der Waals surface area contributed by atoms with Crippen molar-refractivity contribution in [2.75, 3.05) is 6.54 Å². The number of carbonyl (C=O) groups excluding carboxylic acids is 2. The van der Waals surface area contributed by atoms with Crippen LogP contribution in [0.4, 0.5) is 0 Å². The molecule has 132 valence electrons. The van der Waals surface area contributed by atoms with Gasteiger partial charge in [0.2, 0.25) is 5.91 Å². The predicted molar refractivity (Wildman–Crippen MR) is 105 cm³/mol. The van der Waals surface area contributed by atoms with Gasteiger partial charge in [0.1, 0.15) is 0 Å². The summed E-state index contributed by atoms with van der Waals surface area (Å²) in [7, 11) is 0. The van der Waals surface area contributed by atoms with Crippen molar-refractivity contribution in [3.8, 4) is 0 Å². The molecule has 0 unspecified atom stereocenters. The zero-order chi connectivity index (χ0) is 18.1. The summed E-state index contributed by atoms with van der Waals surface area (Å²) < 4.78 is 0. The van der Waals surface area contributed by atoms with E-state index >= 15 is 0 Å². The van der Waals surface area contributed by atoms with E-state index in [0.29, 0.717) is 21.6 Å². The lowest BCUT2D eigenvalue weighted by molar-refractivity contribution is -0.121. The van der Waals surface area contributed by atoms with Gasteiger partial charge in [0.25, 0.3) is 0 Å². The SMILES string of the molecule is O=C(CCC(=O)c1cccs1)NNC(=S)NCCc1ccc(Cl)cc1. The van der Waals surface area contributed by atoms with Crippen LogP contribution in [0.15, 0.2) is 41.8 Å². The maximum absolute atomic E-state index is 11.8. The fourth-order valence-electron chi connectivity index (χ4n) is 1.99. The number of halogens is 1. The van der Waals surface area contributed by atoms with E-state index in [0.717, 1.165) is 12.0 Å². The second kappa shape index (κ2) is 10.1. The van der Waals surface area contributed by atoms with E-state index in [4.69, 9.17) is 23.8 Å². The molecular weight excluding hydrogens is 378 g/mol. The molecule has 1 heterocycles. The highest BCUT2D eigenvalue weighted by Crippen LogP contribution is 2.12. The van der Waals surface area contributed by atoms with Crippen LogP contribution in [0, 0.1) is 0 Å². The first-order chi connectivity index (χ1) is 12.0. The van der Waals surface area contributed by atoms with Crippen LogP contribution in [0.3, 0.4) is 0 Å². The number of thiocarbonyl (C=S) groups is 1. The van der Waals surface area contributed by atoms with Gasteiger partial charge in [-0.05, 0) is 47.8 Å². The average molecular weight is 396 g/mol. The molecule has 0 spiro atoms. The second-order valence-electron chi connectivity index (χ2n) is 5.21. The molecule has 0 fully saturated rings. The van der Waals surface area contributed by atoms with E-state index in [1.54, 1.807) is 6.07 Å². The third kappa shape index (κ3) is 7.21. The quantitative estimate of drug-likeness (QED) is 0.382. The fourth-order valence-corrected chi connectivity index (χ4v) is 2.97. The summed E-state index contributed by atoms with van der Waals surface area (Å²) in [5.74, 6) is -0.319. The first-order valence-corrected chi connectivity index (χ1v) is 9.35. The first-order valence-electron chi connectivity index (χ1n) is 7.68. The number of nitrogens with one attached hydrogen (secondary N) is 3.